The molecule has 2 aromatic rings. The zero-order chi connectivity index (χ0) is 13.1. The summed E-state index contributed by atoms with van der Waals surface area (Å²) >= 11 is 5.84. The van der Waals surface area contributed by atoms with Gasteiger partial charge in [-0.3, -0.25) is 14.7 Å². The molecule has 0 atom stereocenters. The number of carbonyl (C=O) groups excluding carboxylic acids is 1. The average molecular weight is 271 g/mol. The summed E-state index contributed by atoms with van der Waals surface area (Å²) in [7, 11) is 0. The van der Waals surface area contributed by atoms with E-state index in [1.54, 1.807) is 12.3 Å². The number of fused-ring (bicyclic) bond motifs is 1. The molecule has 0 fully saturated rings. The van der Waals surface area contributed by atoms with E-state index in [2.05, 4.69) is 10.1 Å². The zero-order valence-electron chi connectivity index (χ0n) is 9.55. The van der Waals surface area contributed by atoms with Gasteiger partial charge in [-0.1, -0.05) is 11.6 Å². The molecule has 96 valence electrons. The van der Waals surface area contributed by atoms with Gasteiger partial charge in [0.1, 0.15) is 17.2 Å². The summed E-state index contributed by atoms with van der Waals surface area (Å²) in [6.45, 7) is 2.18. The second-order valence-electron chi connectivity index (χ2n) is 3.48. The molecule has 8 heteroatoms. The summed E-state index contributed by atoms with van der Waals surface area (Å²) in [4.78, 5) is 15.1. The summed E-state index contributed by atoms with van der Waals surface area (Å²) in [5.41, 5.74) is 2.11. The van der Waals surface area contributed by atoms with Gasteiger partial charge in [-0.25, -0.2) is 10.5 Å². The Morgan fingerprint density at radius 1 is 1.67 bits per heavy atom. The van der Waals surface area contributed by atoms with Crippen LogP contribution in [0.2, 0.25) is 5.15 Å². The van der Waals surface area contributed by atoms with Crippen LogP contribution in [-0.4, -0.2) is 32.5 Å². The highest BCUT2D eigenvalue weighted by Gasteiger charge is 2.11. The zero-order valence-corrected chi connectivity index (χ0v) is 10.3. The number of rotatable bonds is 4. The molecular formula is C10H11ClN4O3. The van der Waals surface area contributed by atoms with Gasteiger partial charge in [-0.2, -0.15) is 5.10 Å². The van der Waals surface area contributed by atoms with Crippen molar-refractivity contribution in [2.75, 3.05) is 6.61 Å². The third-order valence-corrected chi connectivity index (χ3v) is 2.39. The second-order valence-corrected chi connectivity index (χ2v) is 3.86. The van der Waals surface area contributed by atoms with Crippen molar-refractivity contribution < 1.29 is 14.7 Å². The Bertz CT molecular complexity index is 584. The third kappa shape index (κ3) is 2.52. The van der Waals surface area contributed by atoms with E-state index in [-0.39, 0.29) is 11.7 Å². The summed E-state index contributed by atoms with van der Waals surface area (Å²) in [6.07, 6.45) is 1.61. The van der Waals surface area contributed by atoms with Crippen LogP contribution in [0.3, 0.4) is 0 Å². The van der Waals surface area contributed by atoms with Crippen molar-refractivity contribution in [2.24, 2.45) is 0 Å². The molecule has 2 aromatic heterocycles. The molecule has 0 spiro atoms. The van der Waals surface area contributed by atoms with Crippen molar-refractivity contribution in [3.8, 4) is 5.88 Å². The summed E-state index contributed by atoms with van der Waals surface area (Å²) in [5.74, 6) is -0.199. The monoisotopic (exact) mass is 270 g/mol. The van der Waals surface area contributed by atoms with Gasteiger partial charge in [0.15, 0.2) is 0 Å². The largest absolute Gasteiger partial charge is 0.477 e. The Balaban J connectivity index is 2.43. The standard InChI is InChI=1S/C10H11ClN4O3/c1-2-18-10-6-4-15(5-9(16)14-17)13-7(6)3-8(11)12-10/h3-4,17H,2,5H2,1H3,(H,14,16). The first-order valence-corrected chi connectivity index (χ1v) is 5.61. The molecule has 0 unspecified atom stereocenters. The van der Waals surface area contributed by atoms with E-state index in [9.17, 15) is 4.79 Å². The van der Waals surface area contributed by atoms with E-state index in [1.807, 2.05) is 6.92 Å². The lowest BCUT2D eigenvalue weighted by molar-refractivity contribution is -0.129. The van der Waals surface area contributed by atoms with Gasteiger partial charge >= 0.3 is 0 Å². The van der Waals surface area contributed by atoms with Crippen LogP contribution in [-0.2, 0) is 11.3 Å². The van der Waals surface area contributed by atoms with Crippen molar-refractivity contribution in [3.63, 3.8) is 0 Å². The molecule has 0 aliphatic heterocycles. The number of hydrogen-bond acceptors (Lipinski definition) is 5. The Morgan fingerprint density at radius 3 is 3.11 bits per heavy atom. The molecule has 1 amide bonds. The van der Waals surface area contributed by atoms with Gasteiger partial charge in [0, 0.05) is 12.3 Å². The molecule has 0 radical (unpaired) electrons. The Labute approximate surface area is 107 Å². The predicted molar refractivity (Wildman–Crippen MR) is 63.6 cm³/mol. The predicted octanol–water partition coefficient (Wildman–Crippen LogP) is 0.989. The Morgan fingerprint density at radius 2 is 2.44 bits per heavy atom. The fraction of sp³-hybridized carbons (Fsp3) is 0.300. The lowest BCUT2D eigenvalue weighted by Gasteiger charge is -2.02. The van der Waals surface area contributed by atoms with Crippen molar-refractivity contribution in [1.82, 2.24) is 20.2 Å². The molecular weight excluding hydrogens is 260 g/mol. The molecule has 0 saturated carbocycles. The number of aromatic nitrogens is 3. The van der Waals surface area contributed by atoms with E-state index in [1.165, 1.54) is 10.2 Å². The average Bonchev–Trinajstić information content (AvgIpc) is 2.71. The minimum absolute atomic E-state index is 0.103. The molecule has 18 heavy (non-hydrogen) atoms. The first-order valence-electron chi connectivity index (χ1n) is 5.23. The van der Waals surface area contributed by atoms with Crippen LogP contribution in [0, 0.1) is 0 Å². The van der Waals surface area contributed by atoms with Crippen LogP contribution in [0.4, 0.5) is 0 Å². The van der Waals surface area contributed by atoms with Gasteiger partial charge in [0.05, 0.1) is 12.0 Å². The van der Waals surface area contributed by atoms with Crippen molar-refractivity contribution in [1.29, 1.82) is 0 Å². The Kier molecular flexibility index (Phi) is 3.63. The minimum atomic E-state index is -0.570. The first-order chi connectivity index (χ1) is 8.63. The van der Waals surface area contributed by atoms with Gasteiger partial charge in [0.25, 0.3) is 5.91 Å². The van der Waals surface area contributed by atoms with E-state index < -0.39 is 5.91 Å². The number of ether oxygens (including phenoxy) is 1. The van der Waals surface area contributed by atoms with Crippen molar-refractivity contribution in [2.45, 2.75) is 13.5 Å². The number of carbonyl (C=O) groups is 1. The van der Waals surface area contributed by atoms with Crippen LogP contribution in [0.1, 0.15) is 6.92 Å². The lowest BCUT2D eigenvalue weighted by atomic mass is 10.3. The molecule has 7 nitrogen and oxygen atoms in total. The van der Waals surface area contributed by atoms with E-state index in [0.29, 0.717) is 23.4 Å². The van der Waals surface area contributed by atoms with Crippen LogP contribution in [0.25, 0.3) is 10.9 Å². The van der Waals surface area contributed by atoms with Crippen molar-refractivity contribution in [3.05, 3.63) is 17.4 Å². The lowest BCUT2D eigenvalue weighted by Crippen LogP contribution is -2.24. The highest BCUT2D eigenvalue weighted by molar-refractivity contribution is 6.30. The number of amides is 1. The van der Waals surface area contributed by atoms with Gasteiger partial charge in [-0.15, -0.1) is 0 Å². The highest BCUT2D eigenvalue weighted by atomic mass is 35.5. The number of pyridine rings is 1. The maximum Gasteiger partial charge on any atom is 0.265 e. The van der Waals surface area contributed by atoms with E-state index in [0.717, 1.165) is 0 Å². The smallest absolute Gasteiger partial charge is 0.265 e. The number of hydroxylamine groups is 1. The topological polar surface area (TPSA) is 89.3 Å². The van der Waals surface area contributed by atoms with Crippen LogP contribution >= 0.6 is 11.6 Å². The molecule has 2 N–H and O–H groups in total. The Hall–Kier alpha value is -1.86. The summed E-state index contributed by atoms with van der Waals surface area (Å²) in [5, 5.41) is 13.5. The second kappa shape index (κ2) is 5.19. The number of nitrogens with one attached hydrogen (secondary N) is 1. The molecule has 0 aromatic carbocycles. The first kappa shape index (κ1) is 12.6. The molecule has 2 rings (SSSR count). The third-order valence-electron chi connectivity index (χ3n) is 2.20. The van der Waals surface area contributed by atoms with Gasteiger partial charge in [0.2, 0.25) is 5.88 Å². The molecule has 2 heterocycles. The van der Waals surface area contributed by atoms with E-state index >= 15 is 0 Å². The fourth-order valence-corrected chi connectivity index (χ4v) is 1.70. The van der Waals surface area contributed by atoms with Crippen LogP contribution < -0.4 is 10.2 Å². The quantitative estimate of drug-likeness (QED) is 0.491. The van der Waals surface area contributed by atoms with Gasteiger partial charge < -0.3 is 4.74 Å². The summed E-state index contributed by atoms with van der Waals surface area (Å²) in [6, 6.07) is 1.58. The fourth-order valence-electron chi connectivity index (χ4n) is 1.52. The maximum atomic E-state index is 11.0. The van der Waals surface area contributed by atoms with E-state index in [4.69, 9.17) is 21.5 Å². The number of hydrogen-bond donors (Lipinski definition) is 2. The molecule has 0 bridgehead atoms. The molecule has 0 aliphatic carbocycles. The SMILES string of the molecule is CCOc1nc(Cl)cc2nn(CC(=O)NO)cc12. The maximum absolute atomic E-state index is 11.0. The van der Waals surface area contributed by atoms with Crippen molar-refractivity contribution >= 4 is 28.4 Å². The number of halogens is 1. The molecule has 0 saturated heterocycles. The van der Waals surface area contributed by atoms with Crippen LogP contribution in [0.15, 0.2) is 12.3 Å². The summed E-state index contributed by atoms with van der Waals surface area (Å²) < 4.78 is 6.72. The highest BCUT2D eigenvalue weighted by Crippen LogP contribution is 2.25. The molecule has 0 aliphatic rings. The van der Waals surface area contributed by atoms with Crippen LogP contribution in [0.5, 0.6) is 5.88 Å². The normalized spacial score (nSPS) is 10.6. The van der Waals surface area contributed by atoms with Gasteiger partial charge in [-0.05, 0) is 6.92 Å². The minimum Gasteiger partial charge on any atom is -0.477 e. The number of nitrogens with zero attached hydrogens (tertiary/aromatic N) is 3.